The van der Waals surface area contributed by atoms with Gasteiger partial charge in [0.15, 0.2) is 12.6 Å². The van der Waals surface area contributed by atoms with E-state index in [-0.39, 0.29) is 43.9 Å². The third-order valence-corrected chi connectivity index (χ3v) is 14.7. The number of hydrazine groups is 1. The highest BCUT2D eigenvalue weighted by Crippen LogP contribution is 2.42. The number of nitrogens with one attached hydrogen (secondary N) is 3. The molecule has 3 amide bonds. The Morgan fingerprint density at radius 1 is 0.878 bits per heavy atom. The molecule has 74 heavy (non-hydrogen) atoms. The van der Waals surface area contributed by atoms with Crippen LogP contribution in [0.1, 0.15) is 106 Å². The van der Waals surface area contributed by atoms with Crippen molar-refractivity contribution in [3.8, 4) is 0 Å². The van der Waals surface area contributed by atoms with Crippen molar-refractivity contribution in [1.29, 1.82) is 0 Å². The van der Waals surface area contributed by atoms with Gasteiger partial charge in [-0.05, 0) is 111 Å². The van der Waals surface area contributed by atoms with E-state index < -0.39 is 114 Å². The van der Waals surface area contributed by atoms with Crippen LogP contribution in [0, 0.1) is 23.2 Å². The van der Waals surface area contributed by atoms with Gasteiger partial charge in [-0.2, -0.15) is 0 Å². The molecule has 0 aliphatic carbocycles. The molecule has 3 fully saturated rings. The summed E-state index contributed by atoms with van der Waals surface area (Å²) in [6, 6.07) is 12.1. The minimum atomic E-state index is -1.66. The van der Waals surface area contributed by atoms with Gasteiger partial charge >= 0.3 is 18.2 Å². The van der Waals surface area contributed by atoms with Gasteiger partial charge in [-0.25, -0.2) is 15.0 Å². The molecule has 3 aliphatic rings. The minimum absolute atomic E-state index is 0.150. The molecule has 20 nitrogen and oxygen atoms in total. The lowest BCUT2D eigenvalue weighted by Gasteiger charge is -2.49. The first-order valence-corrected chi connectivity index (χ1v) is 26.1. The van der Waals surface area contributed by atoms with Crippen molar-refractivity contribution in [3.05, 3.63) is 66.1 Å². The average molecular weight is 1040 g/mol. The van der Waals surface area contributed by atoms with Crippen molar-refractivity contribution in [1.82, 2.24) is 26.0 Å². The van der Waals surface area contributed by atoms with E-state index >= 15 is 0 Å². The molecular weight excluding hydrogens is 959 g/mol. The van der Waals surface area contributed by atoms with Crippen LogP contribution in [0.2, 0.25) is 0 Å². The number of furan rings is 1. The highest BCUT2D eigenvalue weighted by atomic mass is 16.7. The molecule has 1 aromatic carbocycles. The van der Waals surface area contributed by atoms with Gasteiger partial charge in [0.1, 0.15) is 36.3 Å². The summed E-state index contributed by atoms with van der Waals surface area (Å²) in [6.07, 6.45) is -7.33. The van der Waals surface area contributed by atoms with Crippen LogP contribution in [0.4, 0.5) is 9.59 Å². The Morgan fingerprint density at radius 2 is 1.58 bits per heavy atom. The maximum atomic E-state index is 14.8. The summed E-state index contributed by atoms with van der Waals surface area (Å²) >= 11 is 0. The van der Waals surface area contributed by atoms with Gasteiger partial charge in [0.2, 0.25) is 0 Å². The topological polar surface area (TPSA) is 249 Å². The summed E-state index contributed by atoms with van der Waals surface area (Å²) in [5.74, 6) is -3.14. The number of rotatable bonds is 13. The molecule has 0 saturated carbocycles. The lowest BCUT2D eigenvalue weighted by Crippen LogP contribution is -2.60. The third kappa shape index (κ3) is 16.4. The summed E-state index contributed by atoms with van der Waals surface area (Å²) < 4.78 is 49.8. The molecule has 3 aliphatic heterocycles. The van der Waals surface area contributed by atoms with Crippen LogP contribution in [-0.2, 0) is 49.2 Å². The Kier molecular flexibility index (Phi) is 21.9. The van der Waals surface area contributed by atoms with Crippen molar-refractivity contribution in [2.45, 2.75) is 187 Å². The number of aliphatic hydroxyl groups is 3. The lowest BCUT2D eigenvalue weighted by atomic mass is 9.77. The average Bonchev–Trinajstić information content (AvgIpc) is 3.86. The van der Waals surface area contributed by atoms with Gasteiger partial charge < -0.3 is 63.1 Å². The van der Waals surface area contributed by atoms with Crippen LogP contribution in [0.3, 0.4) is 0 Å². The van der Waals surface area contributed by atoms with Gasteiger partial charge in [-0.1, -0.05) is 65.0 Å². The number of benzene rings is 1. The van der Waals surface area contributed by atoms with Crippen LogP contribution >= 0.6 is 0 Å². The molecule has 0 spiro atoms. The number of carbonyl (C=O) groups excluding carboxylic acids is 4. The molecule has 20 heteroatoms. The number of aliphatic hydroxyl groups excluding tert-OH is 2. The number of amides is 3. The Labute approximate surface area is 437 Å². The maximum absolute atomic E-state index is 14.8. The fourth-order valence-electron chi connectivity index (χ4n) is 10.8. The fraction of sp³-hybridized carbons (Fsp3) is 0.704. The van der Waals surface area contributed by atoms with Crippen molar-refractivity contribution >= 4 is 30.1 Å². The summed E-state index contributed by atoms with van der Waals surface area (Å²) in [4.78, 5) is 57.5. The molecule has 0 unspecified atom stereocenters. The quantitative estimate of drug-likeness (QED) is 0.0655. The van der Waals surface area contributed by atoms with Crippen molar-refractivity contribution in [3.63, 3.8) is 0 Å². The number of nitrogens with zero attached hydrogens (tertiary/aromatic N) is 2. The second kappa shape index (κ2) is 26.9. The molecule has 6 N–H and O–H groups in total. The molecule has 5 rings (SSSR count). The van der Waals surface area contributed by atoms with Gasteiger partial charge in [-0.3, -0.25) is 19.9 Å². The van der Waals surface area contributed by atoms with Crippen molar-refractivity contribution in [2.24, 2.45) is 23.2 Å². The summed E-state index contributed by atoms with van der Waals surface area (Å²) in [7, 11) is 5.57. The zero-order chi connectivity index (χ0) is 54.7. The first-order chi connectivity index (χ1) is 34.8. The van der Waals surface area contributed by atoms with Crippen LogP contribution in [0.25, 0.3) is 6.08 Å². The zero-order valence-corrected chi connectivity index (χ0v) is 45.6. The predicted octanol–water partition coefficient (Wildman–Crippen LogP) is 5.18. The highest BCUT2D eigenvalue weighted by molar-refractivity contribution is 5.92. The van der Waals surface area contributed by atoms with Crippen molar-refractivity contribution < 1.29 is 72.1 Å². The SMILES string of the molecule is CC[C@H]1OC(=O)[C@H](C)[C@@H](O[C@H]2CC(C)(C)[C@@H](OC(=O)NNC(=O)/C=C/c3ccco3)[C@H](C)O2)[C@H](C)[C@@H](O[C@@H]2O[C@H](C)C[C@H](N(C)C)[C@H]2O)[C@@](C)(O)C[C@@H](C)CN(C)[C@H](C)[C@@H](OC(=O)NCCc2ccccc2)[C@H]1O. The first kappa shape index (κ1) is 60.2. The zero-order valence-electron chi connectivity index (χ0n) is 45.6. The van der Waals surface area contributed by atoms with Crippen LogP contribution in [0.5, 0.6) is 0 Å². The van der Waals surface area contributed by atoms with E-state index in [2.05, 4.69) is 16.2 Å². The number of carbonyl (C=O) groups is 4. The number of hydrogen-bond donors (Lipinski definition) is 6. The Hall–Kier alpha value is -4.64. The van der Waals surface area contributed by atoms with E-state index in [0.717, 1.165) is 5.56 Å². The van der Waals surface area contributed by atoms with E-state index in [9.17, 15) is 34.5 Å². The monoisotopic (exact) mass is 1040 g/mol. The van der Waals surface area contributed by atoms with E-state index in [1.165, 1.54) is 18.4 Å². The van der Waals surface area contributed by atoms with Gasteiger partial charge in [0, 0.05) is 49.0 Å². The molecular formula is C54H85N5O15. The number of alkyl carbamates (subject to hydrolysis) is 1. The van der Waals surface area contributed by atoms with Crippen LogP contribution < -0.4 is 16.2 Å². The van der Waals surface area contributed by atoms with E-state index in [1.54, 1.807) is 46.8 Å². The molecule has 1 aromatic heterocycles. The van der Waals surface area contributed by atoms with E-state index in [4.69, 9.17) is 37.6 Å². The summed E-state index contributed by atoms with van der Waals surface area (Å²) in [5.41, 5.74) is 3.10. The third-order valence-electron chi connectivity index (χ3n) is 14.7. The molecule has 0 bridgehead atoms. The maximum Gasteiger partial charge on any atom is 0.426 e. The Morgan fingerprint density at radius 3 is 2.22 bits per heavy atom. The van der Waals surface area contributed by atoms with Crippen molar-refractivity contribution in [2.75, 3.05) is 34.2 Å². The predicted molar refractivity (Wildman–Crippen MR) is 274 cm³/mol. The van der Waals surface area contributed by atoms with Gasteiger partial charge in [0.05, 0.1) is 42.2 Å². The number of esters is 1. The summed E-state index contributed by atoms with van der Waals surface area (Å²) in [6.45, 7) is 18.6. The Bertz CT molecular complexity index is 2110. The minimum Gasteiger partial charge on any atom is -0.465 e. The molecule has 4 heterocycles. The number of hydrogen-bond acceptors (Lipinski definition) is 17. The lowest BCUT2D eigenvalue weighted by molar-refractivity contribution is -0.312. The fourth-order valence-corrected chi connectivity index (χ4v) is 10.8. The first-order valence-electron chi connectivity index (χ1n) is 26.1. The highest BCUT2D eigenvalue weighted by Gasteiger charge is 2.52. The molecule has 3 saturated heterocycles. The molecule has 0 radical (unpaired) electrons. The molecule has 2 aromatic rings. The Balaban J connectivity index is 1.45. The number of ether oxygens (including phenoxy) is 7. The smallest absolute Gasteiger partial charge is 0.426 e. The normalized spacial score (nSPS) is 35.7. The van der Waals surface area contributed by atoms with Gasteiger partial charge in [-0.15, -0.1) is 0 Å². The van der Waals surface area contributed by atoms with E-state index in [0.29, 0.717) is 25.1 Å². The molecule has 416 valence electrons. The van der Waals surface area contributed by atoms with E-state index in [1.807, 2.05) is 95.9 Å². The van der Waals surface area contributed by atoms with Gasteiger partial charge in [0.25, 0.3) is 5.91 Å². The molecule has 17 atom stereocenters. The second-order valence-corrected chi connectivity index (χ2v) is 21.9. The largest absolute Gasteiger partial charge is 0.465 e. The summed E-state index contributed by atoms with van der Waals surface area (Å²) in [5, 5.41) is 39.6. The second-order valence-electron chi connectivity index (χ2n) is 21.9. The van der Waals surface area contributed by atoms with Crippen LogP contribution in [-0.4, -0.2) is 169 Å². The van der Waals surface area contributed by atoms with Crippen LogP contribution in [0.15, 0.2) is 59.2 Å². The number of cyclic esters (lactones) is 1. The number of likely N-dealkylation sites (N-methyl/N-ethyl adjacent to an activating group) is 2. The standard InChI is InChI=1S/C54H85N5O15/c1-14-40-44(62)46(72-51(64)55-25-24-37-19-16-15-17-20-37)35(6)59(13)30-31(2)28-54(10,66)47(73-50-43(61)39(58(11)12)27-32(3)68-50)33(4)45(34(5)49(63)70-40)71-42-29-53(8,9)48(36(7)69-42)74-52(65)57-56-41(60)23-22-38-21-18-26-67-38/h15-23,26,31-36,39-40,42-48,50,61-62,66H,14,24-25,27-30H2,1-13H3,(H,55,64)(H,56,60)(H,57,65)/b23-22+/t31-,32-,33+,34-,35-,36+,39+,40-,42+,43-,44+,45+,46-,47-,48+,50+,54+/m1/s1.